The summed E-state index contributed by atoms with van der Waals surface area (Å²) in [6.45, 7) is -0.323. The number of halogens is 2. The number of alkyl halides is 2. The van der Waals surface area contributed by atoms with Crippen molar-refractivity contribution in [1.29, 1.82) is 0 Å². The number of hydrogen-bond acceptors (Lipinski definition) is 5. The number of nitrogens with zero attached hydrogens (tertiary/aromatic N) is 1. The van der Waals surface area contributed by atoms with Gasteiger partial charge in [0, 0.05) is 18.9 Å². The Bertz CT molecular complexity index is 527. The van der Waals surface area contributed by atoms with Crippen molar-refractivity contribution in [2.45, 2.75) is 24.4 Å². The minimum Gasteiger partial charge on any atom is -0.493 e. The summed E-state index contributed by atoms with van der Waals surface area (Å²) in [6, 6.07) is 3.67. The number of benzene rings is 1. The van der Waals surface area contributed by atoms with Gasteiger partial charge in [0.15, 0.2) is 11.5 Å². The lowest BCUT2D eigenvalue weighted by Gasteiger charge is -2.42. The molecule has 1 fully saturated rings. The van der Waals surface area contributed by atoms with Gasteiger partial charge in [-0.25, -0.2) is 8.78 Å². The molecule has 0 radical (unpaired) electrons. The number of nitro groups is 1. The minimum atomic E-state index is -2.86. The van der Waals surface area contributed by atoms with E-state index in [0.29, 0.717) is 0 Å². The molecule has 0 spiro atoms. The molecule has 0 heterocycles. The molecule has 1 aliphatic carbocycles. The SMILES string of the molecule is COc1cc([N+](=O)[O-])ccc1OCC1(O)CC(F)(F)C1. The maximum Gasteiger partial charge on any atom is 0.273 e. The van der Waals surface area contributed by atoms with E-state index < -0.39 is 29.3 Å². The van der Waals surface area contributed by atoms with Crippen LogP contribution in [-0.4, -0.2) is 35.3 Å². The topological polar surface area (TPSA) is 81.8 Å². The molecular weight excluding hydrogens is 276 g/mol. The smallest absolute Gasteiger partial charge is 0.273 e. The third-order valence-corrected chi connectivity index (χ3v) is 3.03. The van der Waals surface area contributed by atoms with E-state index in [1.165, 1.54) is 19.2 Å². The van der Waals surface area contributed by atoms with Gasteiger partial charge in [0.1, 0.15) is 12.2 Å². The van der Waals surface area contributed by atoms with Gasteiger partial charge in [-0.1, -0.05) is 0 Å². The predicted molar refractivity (Wildman–Crippen MR) is 64.3 cm³/mol. The van der Waals surface area contributed by atoms with Crippen molar-refractivity contribution in [1.82, 2.24) is 0 Å². The van der Waals surface area contributed by atoms with Gasteiger partial charge in [0.2, 0.25) is 0 Å². The second-order valence-electron chi connectivity index (χ2n) is 4.81. The zero-order valence-electron chi connectivity index (χ0n) is 10.6. The third-order valence-electron chi connectivity index (χ3n) is 3.03. The van der Waals surface area contributed by atoms with Crippen molar-refractivity contribution < 1.29 is 28.3 Å². The number of methoxy groups -OCH3 is 1. The molecule has 0 amide bonds. The highest BCUT2D eigenvalue weighted by atomic mass is 19.3. The average molecular weight is 289 g/mol. The van der Waals surface area contributed by atoms with E-state index in [-0.39, 0.29) is 23.8 Å². The first kappa shape index (κ1) is 14.4. The van der Waals surface area contributed by atoms with Crippen LogP contribution in [0.4, 0.5) is 14.5 Å². The molecule has 20 heavy (non-hydrogen) atoms. The zero-order valence-corrected chi connectivity index (χ0v) is 10.6. The van der Waals surface area contributed by atoms with Crippen molar-refractivity contribution in [3.63, 3.8) is 0 Å². The Hall–Kier alpha value is -1.96. The first-order chi connectivity index (χ1) is 9.25. The average Bonchev–Trinajstić information content (AvgIpc) is 2.33. The Balaban J connectivity index is 2.05. The van der Waals surface area contributed by atoms with Gasteiger partial charge >= 0.3 is 0 Å². The molecule has 6 nitrogen and oxygen atoms in total. The maximum absolute atomic E-state index is 12.7. The highest BCUT2D eigenvalue weighted by Gasteiger charge is 2.56. The van der Waals surface area contributed by atoms with Crippen LogP contribution in [0, 0.1) is 10.1 Å². The van der Waals surface area contributed by atoms with Crippen LogP contribution in [0.2, 0.25) is 0 Å². The molecule has 1 aliphatic rings. The van der Waals surface area contributed by atoms with Gasteiger partial charge in [-0.05, 0) is 6.07 Å². The normalized spacial score (nSPS) is 19.0. The van der Waals surface area contributed by atoms with Gasteiger partial charge in [-0.3, -0.25) is 10.1 Å². The summed E-state index contributed by atoms with van der Waals surface area (Å²) < 4.78 is 35.6. The molecule has 1 aromatic rings. The van der Waals surface area contributed by atoms with E-state index in [9.17, 15) is 24.0 Å². The molecule has 110 valence electrons. The van der Waals surface area contributed by atoms with Crippen LogP contribution in [0.25, 0.3) is 0 Å². The van der Waals surface area contributed by atoms with E-state index in [2.05, 4.69) is 0 Å². The van der Waals surface area contributed by atoms with Gasteiger partial charge < -0.3 is 14.6 Å². The van der Waals surface area contributed by atoms with E-state index in [0.717, 1.165) is 6.07 Å². The van der Waals surface area contributed by atoms with Crippen LogP contribution >= 0.6 is 0 Å². The van der Waals surface area contributed by atoms with Crippen molar-refractivity contribution in [2.75, 3.05) is 13.7 Å². The van der Waals surface area contributed by atoms with E-state index >= 15 is 0 Å². The molecule has 2 rings (SSSR count). The number of non-ortho nitro benzene ring substituents is 1. The van der Waals surface area contributed by atoms with Crippen LogP contribution in [0.15, 0.2) is 18.2 Å². The first-order valence-corrected chi connectivity index (χ1v) is 5.80. The van der Waals surface area contributed by atoms with E-state index in [4.69, 9.17) is 9.47 Å². The van der Waals surface area contributed by atoms with Crippen LogP contribution in [0.5, 0.6) is 11.5 Å². The summed E-state index contributed by atoms with van der Waals surface area (Å²) in [7, 11) is 1.30. The molecular formula is C12H13F2NO5. The van der Waals surface area contributed by atoms with Gasteiger partial charge in [-0.15, -0.1) is 0 Å². The fraction of sp³-hybridized carbons (Fsp3) is 0.500. The zero-order chi connectivity index (χ0) is 15.0. The van der Waals surface area contributed by atoms with Crippen molar-refractivity contribution >= 4 is 5.69 Å². The number of rotatable bonds is 5. The molecule has 1 saturated carbocycles. The Morgan fingerprint density at radius 3 is 2.55 bits per heavy atom. The number of ether oxygens (including phenoxy) is 2. The second-order valence-corrected chi connectivity index (χ2v) is 4.81. The molecule has 0 aromatic heterocycles. The lowest BCUT2D eigenvalue weighted by Crippen LogP contribution is -2.55. The van der Waals surface area contributed by atoms with Crippen LogP contribution < -0.4 is 9.47 Å². The molecule has 0 aliphatic heterocycles. The number of aliphatic hydroxyl groups is 1. The van der Waals surface area contributed by atoms with Gasteiger partial charge in [0.05, 0.1) is 18.1 Å². The quantitative estimate of drug-likeness (QED) is 0.663. The standard InChI is InChI=1S/C12H13F2NO5/c1-19-10-4-8(15(17)18)2-3-9(10)20-7-11(16)5-12(13,14)6-11/h2-4,16H,5-7H2,1H3. The van der Waals surface area contributed by atoms with Gasteiger partial charge in [-0.2, -0.15) is 0 Å². The number of hydrogen-bond donors (Lipinski definition) is 1. The number of nitro benzene ring substituents is 1. The third kappa shape index (κ3) is 2.96. The molecule has 8 heteroatoms. The summed E-state index contributed by atoms with van der Waals surface area (Å²) >= 11 is 0. The second kappa shape index (κ2) is 4.86. The van der Waals surface area contributed by atoms with Crippen molar-refractivity contribution in [3.05, 3.63) is 28.3 Å². The molecule has 1 N–H and O–H groups in total. The summed E-state index contributed by atoms with van der Waals surface area (Å²) in [5.74, 6) is -2.60. The van der Waals surface area contributed by atoms with Crippen LogP contribution in [0.3, 0.4) is 0 Å². The highest BCUT2D eigenvalue weighted by molar-refractivity contribution is 5.48. The molecule has 0 saturated heterocycles. The molecule has 0 unspecified atom stereocenters. The summed E-state index contributed by atoms with van der Waals surface area (Å²) in [5, 5.41) is 20.4. The maximum atomic E-state index is 12.7. The fourth-order valence-electron chi connectivity index (χ4n) is 2.11. The Morgan fingerprint density at radius 2 is 2.05 bits per heavy atom. The van der Waals surface area contributed by atoms with E-state index in [1.54, 1.807) is 0 Å². The summed E-state index contributed by atoms with van der Waals surface area (Å²) in [5.41, 5.74) is -1.75. The minimum absolute atomic E-state index is 0.105. The van der Waals surface area contributed by atoms with Crippen LogP contribution in [0.1, 0.15) is 12.8 Å². The highest BCUT2D eigenvalue weighted by Crippen LogP contribution is 2.46. The fourth-order valence-corrected chi connectivity index (χ4v) is 2.11. The monoisotopic (exact) mass is 289 g/mol. The van der Waals surface area contributed by atoms with Gasteiger partial charge in [0.25, 0.3) is 11.6 Å². The molecule has 0 atom stereocenters. The lowest BCUT2D eigenvalue weighted by molar-refractivity contribution is -0.385. The Labute approximate surface area is 113 Å². The Kier molecular flexibility index (Phi) is 3.51. The predicted octanol–water partition coefficient (Wildman–Crippen LogP) is 2.14. The Morgan fingerprint density at radius 1 is 1.40 bits per heavy atom. The van der Waals surface area contributed by atoms with Crippen molar-refractivity contribution in [2.24, 2.45) is 0 Å². The van der Waals surface area contributed by atoms with E-state index in [1.807, 2.05) is 0 Å². The summed E-state index contributed by atoms with van der Waals surface area (Å²) in [4.78, 5) is 10.0. The largest absolute Gasteiger partial charge is 0.493 e. The molecule has 0 bridgehead atoms. The molecule has 1 aromatic carbocycles. The van der Waals surface area contributed by atoms with Crippen LogP contribution in [-0.2, 0) is 0 Å². The summed E-state index contributed by atoms with van der Waals surface area (Å²) in [6.07, 6.45) is -1.31. The van der Waals surface area contributed by atoms with Crippen molar-refractivity contribution in [3.8, 4) is 11.5 Å². The lowest BCUT2D eigenvalue weighted by atomic mass is 9.77. The first-order valence-electron chi connectivity index (χ1n) is 5.80.